The van der Waals surface area contributed by atoms with Crippen LogP contribution in [0.25, 0.3) is 5.69 Å². The van der Waals surface area contributed by atoms with Crippen LogP contribution in [0, 0.1) is 4.77 Å². The number of para-hydroxylation sites is 2. The van der Waals surface area contributed by atoms with Crippen LogP contribution in [-0.4, -0.2) is 34.4 Å². The summed E-state index contributed by atoms with van der Waals surface area (Å²) in [5, 5.41) is 9.90. The average molecular weight is 413 g/mol. The van der Waals surface area contributed by atoms with Crippen molar-refractivity contribution in [3.8, 4) is 17.2 Å². The van der Waals surface area contributed by atoms with Crippen LogP contribution in [0.1, 0.15) is 35.9 Å². The van der Waals surface area contributed by atoms with Crippen molar-refractivity contribution in [3.63, 3.8) is 0 Å². The van der Waals surface area contributed by atoms with Crippen LogP contribution in [0.5, 0.6) is 11.5 Å². The summed E-state index contributed by atoms with van der Waals surface area (Å²) >= 11 is 5.36. The summed E-state index contributed by atoms with van der Waals surface area (Å²) in [4.78, 5) is 12.5. The van der Waals surface area contributed by atoms with Crippen LogP contribution in [0.2, 0.25) is 0 Å². The molecule has 0 aliphatic rings. The molecule has 1 aromatic heterocycles. The number of ether oxygens (including phenoxy) is 2. The lowest BCUT2D eigenvalue weighted by Crippen LogP contribution is -2.24. The van der Waals surface area contributed by atoms with E-state index in [4.69, 9.17) is 21.7 Å². The largest absolute Gasteiger partial charge is 0.495 e. The Hall–Kier alpha value is -3.13. The molecule has 0 fully saturated rings. The number of nitrogens with one attached hydrogen (secondary N) is 2. The number of benzene rings is 2. The van der Waals surface area contributed by atoms with Crippen molar-refractivity contribution in [2.75, 3.05) is 13.7 Å². The normalized spacial score (nSPS) is 10.6. The van der Waals surface area contributed by atoms with Crippen LogP contribution in [0.3, 0.4) is 0 Å². The summed E-state index contributed by atoms with van der Waals surface area (Å²) in [5.74, 6) is 1.79. The van der Waals surface area contributed by atoms with Crippen LogP contribution < -0.4 is 14.8 Å². The number of aromatic nitrogens is 3. The summed E-state index contributed by atoms with van der Waals surface area (Å²) in [6.45, 7) is 3.00. The molecule has 0 radical (unpaired) electrons. The van der Waals surface area contributed by atoms with Gasteiger partial charge in [-0.05, 0) is 55.0 Å². The number of hydrogen-bond acceptors (Lipinski definition) is 5. The fourth-order valence-electron chi connectivity index (χ4n) is 2.81. The Kier molecular flexibility index (Phi) is 7.02. The lowest BCUT2D eigenvalue weighted by Gasteiger charge is -2.12. The standard InChI is InChI=1S/C21H24N4O3S/c1-3-4-13-28-16-11-9-15(10-12-16)20(26)22-14-19-23-24-21(29)25(19)17-7-5-6-8-18(17)27-2/h5-12H,3-4,13-14H2,1-2H3,(H,22,26)(H,24,29). The third-order valence-electron chi connectivity index (χ3n) is 4.36. The third kappa shape index (κ3) is 5.03. The van der Waals surface area contributed by atoms with Gasteiger partial charge in [0.05, 0.1) is 25.9 Å². The zero-order chi connectivity index (χ0) is 20.6. The average Bonchev–Trinajstić information content (AvgIpc) is 3.12. The number of unbranched alkanes of at least 4 members (excludes halogenated alkanes) is 1. The van der Waals surface area contributed by atoms with Gasteiger partial charge in [0.2, 0.25) is 0 Å². The Morgan fingerprint density at radius 1 is 1.21 bits per heavy atom. The minimum Gasteiger partial charge on any atom is -0.495 e. The molecule has 0 unspecified atom stereocenters. The molecule has 0 aliphatic heterocycles. The molecule has 29 heavy (non-hydrogen) atoms. The number of H-pyrrole nitrogens is 1. The number of methoxy groups -OCH3 is 1. The highest BCUT2D eigenvalue weighted by Gasteiger charge is 2.14. The van der Waals surface area contributed by atoms with Gasteiger partial charge in [-0.2, -0.15) is 5.10 Å². The molecule has 0 saturated heterocycles. The Morgan fingerprint density at radius 3 is 2.69 bits per heavy atom. The van der Waals surface area contributed by atoms with Crippen molar-refractivity contribution in [1.82, 2.24) is 20.1 Å². The number of carbonyl (C=O) groups is 1. The Morgan fingerprint density at radius 2 is 1.97 bits per heavy atom. The summed E-state index contributed by atoms with van der Waals surface area (Å²) in [6, 6.07) is 14.6. The molecule has 0 atom stereocenters. The molecule has 0 saturated carbocycles. The number of rotatable bonds is 9. The van der Waals surface area contributed by atoms with E-state index in [0.717, 1.165) is 24.3 Å². The van der Waals surface area contributed by atoms with Crippen molar-refractivity contribution in [2.24, 2.45) is 0 Å². The molecule has 3 aromatic rings. The van der Waals surface area contributed by atoms with Gasteiger partial charge in [-0.1, -0.05) is 25.5 Å². The third-order valence-corrected chi connectivity index (χ3v) is 4.63. The van der Waals surface area contributed by atoms with Crippen LogP contribution in [0.4, 0.5) is 0 Å². The first-order valence-corrected chi connectivity index (χ1v) is 9.85. The van der Waals surface area contributed by atoms with E-state index in [-0.39, 0.29) is 12.5 Å². The Balaban J connectivity index is 1.69. The van der Waals surface area contributed by atoms with E-state index >= 15 is 0 Å². The highest BCUT2D eigenvalue weighted by molar-refractivity contribution is 7.71. The van der Waals surface area contributed by atoms with E-state index in [9.17, 15) is 4.79 Å². The maximum atomic E-state index is 12.5. The summed E-state index contributed by atoms with van der Waals surface area (Å²) in [7, 11) is 1.60. The molecular weight excluding hydrogens is 388 g/mol. The highest BCUT2D eigenvalue weighted by atomic mass is 32.1. The SMILES string of the molecule is CCCCOc1ccc(C(=O)NCc2n[nH]c(=S)n2-c2ccccc2OC)cc1. The van der Waals surface area contributed by atoms with Crippen molar-refractivity contribution in [2.45, 2.75) is 26.3 Å². The number of carbonyl (C=O) groups excluding carboxylic acids is 1. The number of amides is 1. The Bertz CT molecular complexity index is 1010. The van der Waals surface area contributed by atoms with Crippen molar-refractivity contribution >= 4 is 18.1 Å². The van der Waals surface area contributed by atoms with Gasteiger partial charge in [0.1, 0.15) is 11.5 Å². The lowest BCUT2D eigenvalue weighted by molar-refractivity contribution is 0.0949. The fraction of sp³-hybridized carbons (Fsp3) is 0.286. The topological polar surface area (TPSA) is 81.2 Å². The molecule has 2 aromatic carbocycles. The second kappa shape index (κ2) is 9.88. The first-order valence-electron chi connectivity index (χ1n) is 9.44. The monoisotopic (exact) mass is 412 g/mol. The predicted molar refractivity (Wildman–Crippen MR) is 113 cm³/mol. The Labute approximate surface area is 174 Å². The van der Waals surface area contributed by atoms with Gasteiger partial charge in [0, 0.05) is 5.56 Å². The molecule has 1 heterocycles. The van der Waals surface area contributed by atoms with Crippen LogP contribution >= 0.6 is 12.2 Å². The van der Waals surface area contributed by atoms with E-state index in [2.05, 4.69) is 22.4 Å². The first-order chi connectivity index (χ1) is 14.1. The van der Waals surface area contributed by atoms with Gasteiger partial charge < -0.3 is 14.8 Å². The smallest absolute Gasteiger partial charge is 0.251 e. The zero-order valence-corrected chi connectivity index (χ0v) is 17.3. The molecule has 3 rings (SSSR count). The molecule has 0 spiro atoms. The van der Waals surface area contributed by atoms with E-state index in [1.807, 2.05) is 24.3 Å². The number of nitrogens with zero attached hydrogens (tertiary/aromatic N) is 2. The van der Waals surface area contributed by atoms with E-state index in [1.54, 1.807) is 35.9 Å². The molecule has 1 amide bonds. The molecule has 0 aliphatic carbocycles. The molecule has 0 bridgehead atoms. The number of aromatic amines is 1. The summed E-state index contributed by atoms with van der Waals surface area (Å²) in [5.41, 5.74) is 1.30. The van der Waals surface area contributed by atoms with Gasteiger partial charge in [-0.3, -0.25) is 14.5 Å². The van der Waals surface area contributed by atoms with Crippen molar-refractivity contribution in [1.29, 1.82) is 0 Å². The van der Waals surface area contributed by atoms with E-state index in [0.29, 0.717) is 28.5 Å². The van der Waals surface area contributed by atoms with Gasteiger partial charge in [-0.15, -0.1) is 0 Å². The van der Waals surface area contributed by atoms with E-state index in [1.165, 1.54) is 0 Å². The predicted octanol–water partition coefficient (Wildman–Crippen LogP) is 4.05. The van der Waals surface area contributed by atoms with Crippen molar-refractivity contribution < 1.29 is 14.3 Å². The molecule has 2 N–H and O–H groups in total. The van der Waals surface area contributed by atoms with Gasteiger partial charge >= 0.3 is 0 Å². The van der Waals surface area contributed by atoms with Gasteiger partial charge in [0.15, 0.2) is 10.6 Å². The summed E-state index contributed by atoms with van der Waals surface area (Å²) in [6.07, 6.45) is 2.08. The maximum absolute atomic E-state index is 12.5. The molecular formula is C21H24N4O3S. The van der Waals surface area contributed by atoms with Crippen LogP contribution in [-0.2, 0) is 6.54 Å². The maximum Gasteiger partial charge on any atom is 0.251 e. The van der Waals surface area contributed by atoms with Gasteiger partial charge in [-0.25, -0.2) is 0 Å². The number of hydrogen-bond donors (Lipinski definition) is 2. The minimum absolute atomic E-state index is 0.203. The van der Waals surface area contributed by atoms with Crippen molar-refractivity contribution in [3.05, 3.63) is 64.7 Å². The lowest BCUT2D eigenvalue weighted by atomic mass is 10.2. The minimum atomic E-state index is -0.203. The van der Waals surface area contributed by atoms with Crippen LogP contribution in [0.15, 0.2) is 48.5 Å². The fourth-order valence-corrected chi connectivity index (χ4v) is 3.06. The molecule has 152 valence electrons. The van der Waals surface area contributed by atoms with E-state index < -0.39 is 0 Å². The second-order valence-corrected chi connectivity index (χ2v) is 6.75. The molecule has 8 heteroatoms. The quantitative estimate of drug-likeness (QED) is 0.409. The second-order valence-electron chi connectivity index (χ2n) is 6.36. The highest BCUT2D eigenvalue weighted by Crippen LogP contribution is 2.23. The summed E-state index contributed by atoms with van der Waals surface area (Å²) < 4.78 is 13.2. The first kappa shape index (κ1) is 20.6. The molecule has 7 nitrogen and oxygen atoms in total. The van der Waals surface area contributed by atoms with Gasteiger partial charge in [0.25, 0.3) is 5.91 Å². The zero-order valence-electron chi connectivity index (χ0n) is 16.5.